The van der Waals surface area contributed by atoms with Crippen LogP contribution in [0.4, 0.5) is 0 Å². The zero-order chi connectivity index (χ0) is 11.3. The molecule has 15 heavy (non-hydrogen) atoms. The van der Waals surface area contributed by atoms with Gasteiger partial charge in [0.2, 0.25) is 0 Å². The summed E-state index contributed by atoms with van der Waals surface area (Å²) in [7, 11) is 0. The van der Waals surface area contributed by atoms with E-state index in [1.807, 2.05) is 0 Å². The lowest BCUT2D eigenvalue weighted by Gasteiger charge is -2.18. The van der Waals surface area contributed by atoms with E-state index in [0.717, 1.165) is 12.8 Å². The minimum Gasteiger partial charge on any atom is -0.0850 e. The molecule has 0 aromatic rings. The Morgan fingerprint density at radius 2 is 1.80 bits per heavy atom. The average molecular weight is 204 g/mol. The smallest absolute Gasteiger partial charge is 0.0140 e. The SMILES string of the molecule is C/C1=C\CC/C(C)=C/CC(C)(C)C=CC1. The topological polar surface area (TPSA) is 0 Å². The highest BCUT2D eigenvalue weighted by Gasteiger charge is 2.11. The molecule has 0 bridgehead atoms. The first kappa shape index (κ1) is 12.3. The molecule has 0 radical (unpaired) electrons. The van der Waals surface area contributed by atoms with Crippen LogP contribution in [0.3, 0.4) is 0 Å². The van der Waals surface area contributed by atoms with Crippen LogP contribution in [0.15, 0.2) is 35.5 Å². The van der Waals surface area contributed by atoms with Crippen molar-refractivity contribution in [3.05, 3.63) is 35.5 Å². The van der Waals surface area contributed by atoms with E-state index in [1.165, 1.54) is 24.0 Å². The van der Waals surface area contributed by atoms with Crippen LogP contribution in [0, 0.1) is 5.41 Å². The van der Waals surface area contributed by atoms with Crippen molar-refractivity contribution in [2.45, 2.75) is 53.4 Å². The molecule has 0 saturated carbocycles. The Balaban J connectivity index is 2.79. The summed E-state index contributed by atoms with van der Waals surface area (Å²) in [6, 6.07) is 0. The minimum atomic E-state index is 0.311. The molecule has 0 fully saturated rings. The summed E-state index contributed by atoms with van der Waals surface area (Å²) in [5, 5.41) is 0. The van der Waals surface area contributed by atoms with Crippen molar-refractivity contribution in [2.75, 3.05) is 0 Å². The Hall–Kier alpha value is -0.780. The van der Waals surface area contributed by atoms with E-state index in [-0.39, 0.29) is 0 Å². The Morgan fingerprint density at radius 1 is 1.07 bits per heavy atom. The molecule has 0 nitrogen and oxygen atoms in total. The van der Waals surface area contributed by atoms with E-state index in [1.54, 1.807) is 0 Å². The highest BCUT2D eigenvalue weighted by Crippen LogP contribution is 2.25. The van der Waals surface area contributed by atoms with Gasteiger partial charge in [-0.15, -0.1) is 0 Å². The molecule has 1 aliphatic carbocycles. The number of hydrogen-bond donors (Lipinski definition) is 0. The Morgan fingerprint density at radius 3 is 2.53 bits per heavy atom. The second kappa shape index (κ2) is 5.34. The first-order chi connectivity index (χ1) is 6.99. The van der Waals surface area contributed by atoms with E-state index in [4.69, 9.17) is 0 Å². The molecular weight excluding hydrogens is 180 g/mol. The summed E-state index contributed by atoms with van der Waals surface area (Å²) >= 11 is 0. The predicted octanol–water partition coefficient (Wildman–Crippen LogP) is 5.04. The third kappa shape index (κ3) is 5.01. The van der Waals surface area contributed by atoms with Crippen molar-refractivity contribution in [1.82, 2.24) is 0 Å². The van der Waals surface area contributed by atoms with Crippen LogP contribution in [0.2, 0.25) is 0 Å². The van der Waals surface area contributed by atoms with Crippen molar-refractivity contribution in [2.24, 2.45) is 5.41 Å². The molecule has 1 rings (SSSR count). The van der Waals surface area contributed by atoms with Gasteiger partial charge < -0.3 is 0 Å². The fourth-order valence-corrected chi connectivity index (χ4v) is 1.80. The van der Waals surface area contributed by atoms with E-state index < -0.39 is 0 Å². The lowest BCUT2D eigenvalue weighted by Crippen LogP contribution is -2.05. The van der Waals surface area contributed by atoms with Gasteiger partial charge in [0, 0.05) is 0 Å². The fourth-order valence-electron chi connectivity index (χ4n) is 1.80. The highest BCUT2D eigenvalue weighted by molar-refractivity contribution is 5.12. The molecule has 0 aromatic carbocycles. The van der Waals surface area contributed by atoms with E-state index in [9.17, 15) is 0 Å². The quantitative estimate of drug-likeness (QED) is 0.485. The standard InChI is InChI=1S/C15H24/c1-13-7-5-8-14(2)10-12-15(3,4)11-6-9-13/h6-7,10-11H,5,8-9,12H2,1-4H3/b11-6?,13-7+,14-10+. The van der Waals surface area contributed by atoms with Gasteiger partial charge >= 0.3 is 0 Å². The van der Waals surface area contributed by atoms with Gasteiger partial charge in [-0.25, -0.2) is 0 Å². The van der Waals surface area contributed by atoms with Crippen molar-refractivity contribution in [1.29, 1.82) is 0 Å². The van der Waals surface area contributed by atoms with Gasteiger partial charge in [0.25, 0.3) is 0 Å². The zero-order valence-electron chi connectivity index (χ0n) is 10.6. The lowest BCUT2D eigenvalue weighted by atomic mass is 9.87. The molecule has 0 heteroatoms. The molecule has 0 N–H and O–H groups in total. The summed E-state index contributed by atoms with van der Waals surface area (Å²) in [6.45, 7) is 9.10. The maximum atomic E-state index is 2.40. The van der Waals surface area contributed by atoms with E-state index >= 15 is 0 Å². The molecule has 0 aliphatic heterocycles. The molecule has 0 atom stereocenters. The summed E-state index contributed by atoms with van der Waals surface area (Å²) in [5.74, 6) is 0. The molecular formula is C15H24. The minimum absolute atomic E-state index is 0.311. The fraction of sp³-hybridized carbons (Fsp3) is 0.600. The Kier molecular flexibility index (Phi) is 4.38. The van der Waals surface area contributed by atoms with Gasteiger partial charge in [0.15, 0.2) is 0 Å². The molecule has 84 valence electrons. The first-order valence-corrected chi connectivity index (χ1v) is 5.98. The van der Waals surface area contributed by atoms with Gasteiger partial charge in [-0.2, -0.15) is 0 Å². The maximum absolute atomic E-state index is 2.40. The molecule has 0 aromatic heterocycles. The molecule has 0 heterocycles. The second-order valence-corrected chi connectivity index (χ2v) is 5.44. The van der Waals surface area contributed by atoms with E-state index in [0.29, 0.717) is 5.41 Å². The molecule has 0 unspecified atom stereocenters. The van der Waals surface area contributed by atoms with E-state index in [2.05, 4.69) is 52.0 Å². The second-order valence-electron chi connectivity index (χ2n) is 5.44. The summed E-state index contributed by atoms with van der Waals surface area (Å²) in [5.41, 5.74) is 3.34. The third-order valence-electron chi connectivity index (χ3n) is 3.02. The summed E-state index contributed by atoms with van der Waals surface area (Å²) in [6.07, 6.45) is 14.1. The molecule has 1 aliphatic rings. The number of hydrogen-bond acceptors (Lipinski definition) is 0. The monoisotopic (exact) mass is 204 g/mol. The van der Waals surface area contributed by atoms with Gasteiger partial charge in [0.1, 0.15) is 0 Å². The summed E-state index contributed by atoms with van der Waals surface area (Å²) in [4.78, 5) is 0. The lowest BCUT2D eigenvalue weighted by molar-refractivity contribution is 0.486. The van der Waals surface area contributed by atoms with Crippen molar-refractivity contribution >= 4 is 0 Å². The van der Waals surface area contributed by atoms with Crippen LogP contribution in [0.25, 0.3) is 0 Å². The number of allylic oxidation sites excluding steroid dienone is 6. The molecule has 0 spiro atoms. The average Bonchev–Trinajstić information content (AvgIpc) is 2.15. The zero-order valence-corrected chi connectivity index (χ0v) is 10.6. The van der Waals surface area contributed by atoms with Crippen molar-refractivity contribution in [3.8, 4) is 0 Å². The van der Waals surface area contributed by atoms with Gasteiger partial charge in [-0.1, -0.05) is 49.3 Å². The van der Waals surface area contributed by atoms with Gasteiger partial charge in [-0.3, -0.25) is 0 Å². The summed E-state index contributed by atoms with van der Waals surface area (Å²) < 4.78 is 0. The first-order valence-electron chi connectivity index (χ1n) is 5.98. The highest BCUT2D eigenvalue weighted by atomic mass is 14.2. The number of rotatable bonds is 0. The largest absolute Gasteiger partial charge is 0.0850 e. The predicted molar refractivity (Wildman–Crippen MR) is 68.9 cm³/mol. The van der Waals surface area contributed by atoms with Crippen molar-refractivity contribution < 1.29 is 0 Å². The van der Waals surface area contributed by atoms with Crippen molar-refractivity contribution in [3.63, 3.8) is 0 Å². The normalized spacial score (nSPS) is 29.6. The van der Waals surface area contributed by atoms with Crippen LogP contribution in [0.1, 0.15) is 53.4 Å². The van der Waals surface area contributed by atoms with Gasteiger partial charge in [-0.05, 0) is 44.9 Å². The van der Waals surface area contributed by atoms with Crippen LogP contribution in [0.5, 0.6) is 0 Å². The van der Waals surface area contributed by atoms with Crippen LogP contribution >= 0.6 is 0 Å². The third-order valence-corrected chi connectivity index (χ3v) is 3.02. The van der Waals surface area contributed by atoms with Crippen LogP contribution < -0.4 is 0 Å². The maximum Gasteiger partial charge on any atom is -0.0140 e. The molecule has 0 saturated heterocycles. The van der Waals surface area contributed by atoms with Crippen LogP contribution in [-0.2, 0) is 0 Å². The van der Waals surface area contributed by atoms with Crippen LogP contribution in [-0.4, -0.2) is 0 Å². The van der Waals surface area contributed by atoms with Gasteiger partial charge in [0.05, 0.1) is 0 Å². The Bertz CT molecular complexity index is 287. The Labute approximate surface area is 94.8 Å². The molecule has 0 amide bonds.